The highest BCUT2D eigenvalue weighted by molar-refractivity contribution is 7.09. The topological polar surface area (TPSA) is 24.9 Å². The quantitative estimate of drug-likeness (QED) is 0.879. The number of aromatic nitrogens is 1. The van der Waals surface area contributed by atoms with Crippen molar-refractivity contribution in [2.75, 3.05) is 6.54 Å². The number of thiazole rings is 1. The summed E-state index contributed by atoms with van der Waals surface area (Å²) in [5.41, 5.74) is 3.29. The Morgan fingerprint density at radius 1 is 1.30 bits per heavy atom. The normalized spacial score (nSPS) is 12.6. The van der Waals surface area contributed by atoms with Gasteiger partial charge in [-0.05, 0) is 50.1 Å². The molecule has 2 nitrogen and oxygen atoms in total. The Bertz CT molecular complexity index is 565. The average molecular weight is 292 g/mol. The number of halogens is 1. The van der Waals surface area contributed by atoms with Crippen LogP contribution in [-0.4, -0.2) is 17.6 Å². The van der Waals surface area contributed by atoms with Gasteiger partial charge in [-0.25, -0.2) is 9.37 Å². The van der Waals surface area contributed by atoms with Crippen molar-refractivity contribution < 1.29 is 4.39 Å². The predicted octanol–water partition coefficient (Wildman–Crippen LogP) is 3.66. The Morgan fingerprint density at radius 3 is 2.75 bits per heavy atom. The molecule has 2 rings (SSSR count). The van der Waals surface area contributed by atoms with E-state index in [0.29, 0.717) is 6.04 Å². The molecule has 0 aliphatic carbocycles. The van der Waals surface area contributed by atoms with E-state index in [0.717, 1.165) is 41.2 Å². The first kappa shape index (κ1) is 15.1. The summed E-state index contributed by atoms with van der Waals surface area (Å²) in [7, 11) is 0. The summed E-state index contributed by atoms with van der Waals surface area (Å²) in [4.78, 5) is 4.52. The van der Waals surface area contributed by atoms with Crippen LogP contribution in [0.2, 0.25) is 0 Å². The molecule has 0 saturated carbocycles. The number of hydrogen-bond donors (Lipinski definition) is 1. The zero-order chi connectivity index (χ0) is 14.5. The standard InChI is InChI=1S/C16H21FN2S/c1-4-18-15(9-16-19-12(3)10-20-16)8-13-7-14(17)6-5-11(13)2/h5-7,10,15,18H,4,8-9H2,1-3H3. The molecule has 1 atom stereocenters. The molecular formula is C16H21FN2S. The van der Waals surface area contributed by atoms with Gasteiger partial charge < -0.3 is 5.32 Å². The molecule has 0 spiro atoms. The summed E-state index contributed by atoms with van der Waals surface area (Å²) in [5, 5.41) is 6.70. The van der Waals surface area contributed by atoms with E-state index in [2.05, 4.69) is 22.6 Å². The maximum atomic E-state index is 13.4. The molecule has 0 amide bonds. The number of benzene rings is 1. The number of hydrogen-bond acceptors (Lipinski definition) is 3. The highest BCUT2D eigenvalue weighted by Crippen LogP contribution is 2.16. The third-order valence-electron chi connectivity index (χ3n) is 3.36. The lowest BCUT2D eigenvalue weighted by Crippen LogP contribution is -2.33. The van der Waals surface area contributed by atoms with Crippen LogP contribution in [0.15, 0.2) is 23.6 Å². The SMILES string of the molecule is CCNC(Cc1nc(C)cs1)Cc1cc(F)ccc1C. The molecule has 0 aliphatic heterocycles. The maximum absolute atomic E-state index is 13.4. The summed E-state index contributed by atoms with van der Waals surface area (Å²) < 4.78 is 13.4. The van der Waals surface area contributed by atoms with Crippen LogP contribution in [0.25, 0.3) is 0 Å². The summed E-state index contributed by atoms with van der Waals surface area (Å²) in [6.07, 6.45) is 1.72. The maximum Gasteiger partial charge on any atom is 0.123 e. The Kier molecular flexibility index (Phi) is 5.26. The molecule has 1 aromatic heterocycles. The molecule has 0 aliphatic rings. The van der Waals surface area contributed by atoms with E-state index in [1.54, 1.807) is 17.4 Å². The molecular weight excluding hydrogens is 271 g/mol. The first-order valence-electron chi connectivity index (χ1n) is 6.98. The Hall–Kier alpha value is -1.26. The summed E-state index contributed by atoms with van der Waals surface area (Å²) >= 11 is 1.70. The first-order chi connectivity index (χ1) is 9.58. The largest absolute Gasteiger partial charge is 0.314 e. The molecule has 1 aromatic carbocycles. The minimum atomic E-state index is -0.161. The molecule has 0 saturated heterocycles. The van der Waals surface area contributed by atoms with Gasteiger partial charge in [-0.3, -0.25) is 0 Å². The van der Waals surface area contributed by atoms with Gasteiger partial charge >= 0.3 is 0 Å². The van der Waals surface area contributed by atoms with Crippen molar-refractivity contribution in [2.24, 2.45) is 0 Å². The van der Waals surface area contributed by atoms with Crippen LogP contribution in [0.3, 0.4) is 0 Å². The minimum Gasteiger partial charge on any atom is -0.314 e. The van der Waals surface area contributed by atoms with Gasteiger partial charge in [0, 0.05) is 23.5 Å². The van der Waals surface area contributed by atoms with Gasteiger partial charge in [-0.15, -0.1) is 11.3 Å². The Morgan fingerprint density at radius 2 is 2.10 bits per heavy atom. The number of rotatable bonds is 6. The number of nitrogens with one attached hydrogen (secondary N) is 1. The van der Waals surface area contributed by atoms with Gasteiger partial charge in [0.25, 0.3) is 0 Å². The van der Waals surface area contributed by atoms with E-state index >= 15 is 0 Å². The number of nitrogens with zero attached hydrogens (tertiary/aromatic N) is 1. The molecule has 0 fully saturated rings. The van der Waals surface area contributed by atoms with Crippen molar-refractivity contribution in [3.63, 3.8) is 0 Å². The van der Waals surface area contributed by atoms with Crippen LogP contribution in [-0.2, 0) is 12.8 Å². The van der Waals surface area contributed by atoms with Crippen molar-refractivity contribution in [3.8, 4) is 0 Å². The second kappa shape index (κ2) is 6.95. The van der Waals surface area contributed by atoms with Crippen molar-refractivity contribution in [1.82, 2.24) is 10.3 Å². The van der Waals surface area contributed by atoms with E-state index in [-0.39, 0.29) is 5.82 Å². The van der Waals surface area contributed by atoms with Crippen molar-refractivity contribution in [2.45, 2.75) is 39.7 Å². The number of likely N-dealkylation sites (N-methyl/N-ethyl adjacent to an activating group) is 1. The van der Waals surface area contributed by atoms with Crippen LogP contribution in [0.1, 0.15) is 28.8 Å². The third-order valence-corrected chi connectivity index (χ3v) is 4.35. The van der Waals surface area contributed by atoms with Crippen molar-refractivity contribution in [3.05, 3.63) is 51.2 Å². The van der Waals surface area contributed by atoms with Crippen LogP contribution in [0.4, 0.5) is 4.39 Å². The van der Waals surface area contributed by atoms with E-state index in [9.17, 15) is 4.39 Å². The minimum absolute atomic E-state index is 0.161. The second-order valence-electron chi connectivity index (χ2n) is 5.12. The molecule has 1 heterocycles. The zero-order valence-electron chi connectivity index (χ0n) is 12.2. The van der Waals surface area contributed by atoms with Gasteiger partial charge in [-0.2, -0.15) is 0 Å². The molecule has 1 unspecified atom stereocenters. The highest BCUT2D eigenvalue weighted by atomic mass is 32.1. The molecule has 4 heteroatoms. The summed E-state index contributed by atoms with van der Waals surface area (Å²) in [5.74, 6) is -0.161. The second-order valence-corrected chi connectivity index (χ2v) is 6.06. The monoisotopic (exact) mass is 292 g/mol. The van der Waals surface area contributed by atoms with Gasteiger partial charge in [0.15, 0.2) is 0 Å². The lowest BCUT2D eigenvalue weighted by molar-refractivity contribution is 0.517. The average Bonchev–Trinajstić information content (AvgIpc) is 2.79. The lowest BCUT2D eigenvalue weighted by atomic mass is 9.99. The van der Waals surface area contributed by atoms with Crippen LogP contribution in [0, 0.1) is 19.7 Å². The van der Waals surface area contributed by atoms with Gasteiger partial charge in [0.05, 0.1) is 5.01 Å². The van der Waals surface area contributed by atoms with E-state index in [4.69, 9.17) is 0 Å². The van der Waals surface area contributed by atoms with Gasteiger partial charge in [0.2, 0.25) is 0 Å². The van der Waals surface area contributed by atoms with E-state index in [1.165, 1.54) is 6.07 Å². The summed E-state index contributed by atoms with van der Waals surface area (Å²) in [6, 6.07) is 5.31. The van der Waals surface area contributed by atoms with Crippen LogP contribution >= 0.6 is 11.3 Å². The van der Waals surface area contributed by atoms with Crippen LogP contribution in [0.5, 0.6) is 0 Å². The van der Waals surface area contributed by atoms with E-state index in [1.807, 2.05) is 19.9 Å². The number of aryl methyl sites for hydroxylation is 2. The lowest BCUT2D eigenvalue weighted by Gasteiger charge is -2.18. The molecule has 0 radical (unpaired) electrons. The summed E-state index contributed by atoms with van der Waals surface area (Å²) in [6.45, 7) is 7.05. The smallest absolute Gasteiger partial charge is 0.123 e. The molecule has 1 N–H and O–H groups in total. The highest BCUT2D eigenvalue weighted by Gasteiger charge is 2.13. The van der Waals surface area contributed by atoms with Crippen molar-refractivity contribution >= 4 is 11.3 Å². The van der Waals surface area contributed by atoms with Gasteiger partial charge in [-0.1, -0.05) is 13.0 Å². The predicted molar refractivity (Wildman–Crippen MR) is 82.9 cm³/mol. The fourth-order valence-corrected chi connectivity index (χ4v) is 3.19. The van der Waals surface area contributed by atoms with Gasteiger partial charge in [0.1, 0.15) is 5.82 Å². The fourth-order valence-electron chi connectivity index (χ4n) is 2.34. The van der Waals surface area contributed by atoms with Crippen molar-refractivity contribution in [1.29, 1.82) is 0 Å². The molecule has 108 valence electrons. The molecule has 2 aromatic rings. The Balaban J connectivity index is 2.10. The first-order valence-corrected chi connectivity index (χ1v) is 7.86. The molecule has 20 heavy (non-hydrogen) atoms. The van der Waals surface area contributed by atoms with Crippen LogP contribution < -0.4 is 5.32 Å². The zero-order valence-corrected chi connectivity index (χ0v) is 13.1. The Labute approximate surface area is 124 Å². The van der Waals surface area contributed by atoms with E-state index < -0.39 is 0 Å². The third kappa shape index (κ3) is 4.12. The fraction of sp³-hybridized carbons (Fsp3) is 0.438. The molecule has 0 bridgehead atoms.